The number of hydrogen-bond acceptors (Lipinski definition) is 3. The average Bonchev–Trinajstić information content (AvgIpc) is 2.40. The third kappa shape index (κ3) is 4.70. The van der Waals surface area contributed by atoms with Gasteiger partial charge in [0, 0.05) is 36.5 Å². The number of nitrogens with zero attached hydrogens (tertiary/aromatic N) is 2. The summed E-state index contributed by atoms with van der Waals surface area (Å²) in [4.78, 5) is 8.70. The summed E-state index contributed by atoms with van der Waals surface area (Å²) in [5.74, 6) is 0.523. The van der Waals surface area contributed by atoms with Crippen molar-refractivity contribution in [3.63, 3.8) is 0 Å². The Balaban J connectivity index is 1.96. The Morgan fingerprint density at radius 1 is 1.00 bits per heavy atom. The van der Waals surface area contributed by atoms with Crippen LogP contribution in [0, 0.1) is 5.82 Å². The first kappa shape index (κ1) is 14.6. The Labute approximate surface area is 119 Å². The molecule has 0 saturated heterocycles. The van der Waals surface area contributed by atoms with Crippen molar-refractivity contribution in [2.75, 3.05) is 0 Å². The second-order valence-electron chi connectivity index (χ2n) is 5.91. The summed E-state index contributed by atoms with van der Waals surface area (Å²) in [5.41, 5.74) is 2.14. The molecule has 1 N–H and O–H groups in total. The molecule has 1 heterocycles. The summed E-state index contributed by atoms with van der Waals surface area (Å²) in [6.45, 7) is 7.12. The SMILES string of the molecule is CC(C)(C)NCc1cnc(Cc2ccc(F)cc2)nc1. The van der Waals surface area contributed by atoms with Crippen molar-refractivity contribution >= 4 is 0 Å². The number of aromatic nitrogens is 2. The molecular weight excluding hydrogens is 253 g/mol. The Hall–Kier alpha value is -1.81. The minimum atomic E-state index is -0.224. The number of halogens is 1. The fourth-order valence-corrected chi connectivity index (χ4v) is 1.72. The first-order valence-corrected chi connectivity index (χ1v) is 6.72. The third-order valence-corrected chi connectivity index (χ3v) is 2.86. The van der Waals surface area contributed by atoms with E-state index in [0.29, 0.717) is 6.42 Å². The highest BCUT2D eigenvalue weighted by molar-refractivity contribution is 5.20. The molecule has 0 amide bonds. The van der Waals surface area contributed by atoms with Crippen LogP contribution in [0.15, 0.2) is 36.7 Å². The van der Waals surface area contributed by atoms with E-state index in [1.54, 1.807) is 12.1 Å². The van der Waals surface area contributed by atoms with E-state index in [1.807, 2.05) is 12.4 Å². The highest BCUT2D eigenvalue weighted by Crippen LogP contribution is 2.08. The summed E-state index contributed by atoms with van der Waals surface area (Å²) in [5, 5.41) is 3.39. The Morgan fingerprint density at radius 2 is 1.60 bits per heavy atom. The molecule has 1 aromatic carbocycles. The van der Waals surface area contributed by atoms with Crippen LogP contribution in [0.3, 0.4) is 0 Å². The molecule has 20 heavy (non-hydrogen) atoms. The summed E-state index contributed by atoms with van der Waals surface area (Å²) in [6, 6.07) is 6.43. The van der Waals surface area contributed by atoms with Gasteiger partial charge in [-0.15, -0.1) is 0 Å². The van der Waals surface area contributed by atoms with Gasteiger partial charge in [-0.1, -0.05) is 12.1 Å². The summed E-state index contributed by atoms with van der Waals surface area (Å²) < 4.78 is 12.8. The standard InChI is InChI=1S/C16H20FN3/c1-16(2,3)20-11-13-9-18-15(19-10-13)8-12-4-6-14(17)7-5-12/h4-7,9-10,20H,8,11H2,1-3H3. The van der Waals surface area contributed by atoms with Crippen molar-refractivity contribution in [3.8, 4) is 0 Å². The highest BCUT2D eigenvalue weighted by atomic mass is 19.1. The van der Waals surface area contributed by atoms with Crippen LogP contribution < -0.4 is 5.32 Å². The van der Waals surface area contributed by atoms with Gasteiger partial charge in [0.25, 0.3) is 0 Å². The number of nitrogens with one attached hydrogen (secondary N) is 1. The second kappa shape index (κ2) is 6.09. The molecule has 4 heteroatoms. The summed E-state index contributed by atoms with van der Waals surface area (Å²) in [6.07, 6.45) is 4.29. The first-order chi connectivity index (χ1) is 9.42. The van der Waals surface area contributed by atoms with Crippen LogP contribution in [0.1, 0.15) is 37.7 Å². The molecule has 3 nitrogen and oxygen atoms in total. The van der Waals surface area contributed by atoms with E-state index in [9.17, 15) is 4.39 Å². The third-order valence-electron chi connectivity index (χ3n) is 2.86. The van der Waals surface area contributed by atoms with E-state index in [2.05, 4.69) is 36.1 Å². The molecule has 106 valence electrons. The van der Waals surface area contributed by atoms with Gasteiger partial charge in [-0.25, -0.2) is 14.4 Å². The molecule has 0 aliphatic heterocycles. The maximum Gasteiger partial charge on any atom is 0.132 e. The van der Waals surface area contributed by atoms with Gasteiger partial charge in [-0.05, 0) is 38.5 Å². The molecule has 0 spiro atoms. The van der Waals surface area contributed by atoms with E-state index < -0.39 is 0 Å². The molecule has 0 unspecified atom stereocenters. The van der Waals surface area contributed by atoms with Gasteiger partial charge in [0.2, 0.25) is 0 Å². The smallest absolute Gasteiger partial charge is 0.132 e. The van der Waals surface area contributed by atoms with Crippen LogP contribution in [0.2, 0.25) is 0 Å². The molecule has 0 bridgehead atoms. The topological polar surface area (TPSA) is 37.8 Å². The van der Waals surface area contributed by atoms with Crippen molar-refractivity contribution < 1.29 is 4.39 Å². The molecule has 2 aromatic rings. The summed E-state index contributed by atoms with van der Waals surface area (Å²) in [7, 11) is 0. The lowest BCUT2D eigenvalue weighted by atomic mass is 10.1. The van der Waals surface area contributed by atoms with E-state index in [-0.39, 0.29) is 11.4 Å². The molecule has 0 atom stereocenters. The van der Waals surface area contributed by atoms with Crippen LogP contribution in [0.4, 0.5) is 4.39 Å². The molecule has 1 aromatic heterocycles. The number of hydrogen-bond donors (Lipinski definition) is 1. The lowest BCUT2D eigenvalue weighted by Crippen LogP contribution is -2.35. The van der Waals surface area contributed by atoms with Crippen molar-refractivity contribution in [2.24, 2.45) is 0 Å². The van der Waals surface area contributed by atoms with Gasteiger partial charge in [0.05, 0.1) is 0 Å². The maximum atomic E-state index is 12.8. The Kier molecular flexibility index (Phi) is 4.45. The molecule has 2 rings (SSSR count). The van der Waals surface area contributed by atoms with Crippen molar-refractivity contribution in [2.45, 2.75) is 39.3 Å². The van der Waals surface area contributed by atoms with Gasteiger partial charge in [0.15, 0.2) is 0 Å². The second-order valence-corrected chi connectivity index (χ2v) is 5.91. The molecular formula is C16H20FN3. The molecule has 0 aliphatic carbocycles. The summed E-state index contributed by atoms with van der Waals surface area (Å²) >= 11 is 0. The minimum Gasteiger partial charge on any atom is -0.308 e. The molecule has 0 aliphatic rings. The lowest BCUT2D eigenvalue weighted by molar-refractivity contribution is 0.423. The van der Waals surface area contributed by atoms with E-state index in [0.717, 1.165) is 23.5 Å². The maximum absolute atomic E-state index is 12.8. The van der Waals surface area contributed by atoms with Gasteiger partial charge in [-0.3, -0.25) is 0 Å². The highest BCUT2D eigenvalue weighted by Gasteiger charge is 2.08. The van der Waals surface area contributed by atoms with Crippen LogP contribution in [0.5, 0.6) is 0 Å². The average molecular weight is 273 g/mol. The molecule has 0 saturated carbocycles. The zero-order valence-corrected chi connectivity index (χ0v) is 12.2. The van der Waals surface area contributed by atoms with Crippen molar-refractivity contribution in [1.29, 1.82) is 0 Å². The zero-order valence-electron chi connectivity index (χ0n) is 12.2. The molecule has 0 fully saturated rings. The first-order valence-electron chi connectivity index (χ1n) is 6.72. The van der Waals surface area contributed by atoms with Gasteiger partial charge in [0.1, 0.15) is 11.6 Å². The zero-order chi connectivity index (χ0) is 14.6. The normalized spacial score (nSPS) is 11.6. The van der Waals surface area contributed by atoms with Crippen LogP contribution in [-0.4, -0.2) is 15.5 Å². The Bertz CT molecular complexity index is 541. The van der Waals surface area contributed by atoms with Gasteiger partial charge < -0.3 is 5.32 Å². The lowest BCUT2D eigenvalue weighted by Gasteiger charge is -2.20. The number of rotatable bonds is 4. The van der Waals surface area contributed by atoms with E-state index in [1.165, 1.54) is 12.1 Å². The van der Waals surface area contributed by atoms with Crippen LogP contribution in [-0.2, 0) is 13.0 Å². The number of benzene rings is 1. The monoisotopic (exact) mass is 273 g/mol. The quantitative estimate of drug-likeness (QED) is 0.930. The fraction of sp³-hybridized carbons (Fsp3) is 0.375. The minimum absolute atomic E-state index is 0.0762. The van der Waals surface area contributed by atoms with Crippen LogP contribution in [0.25, 0.3) is 0 Å². The van der Waals surface area contributed by atoms with Gasteiger partial charge >= 0.3 is 0 Å². The predicted octanol–water partition coefficient (Wildman–Crippen LogP) is 3.09. The van der Waals surface area contributed by atoms with Gasteiger partial charge in [-0.2, -0.15) is 0 Å². The Morgan fingerprint density at radius 3 is 2.15 bits per heavy atom. The van der Waals surface area contributed by atoms with Crippen molar-refractivity contribution in [3.05, 3.63) is 59.4 Å². The van der Waals surface area contributed by atoms with Crippen molar-refractivity contribution in [1.82, 2.24) is 15.3 Å². The van der Waals surface area contributed by atoms with E-state index >= 15 is 0 Å². The largest absolute Gasteiger partial charge is 0.308 e. The van der Waals surface area contributed by atoms with E-state index in [4.69, 9.17) is 0 Å². The van der Waals surface area contributed by atoms with Crippen LogP contribution >= 0.6 is 0 Å². The fourth-order valence-electron chi connectivity index (χ4n) is 1.72. The molecule has 0 radical (unpaired) electrons. The predicted molar refractivity (Wildman–Crippen MR) is 77.8 cm³/mol.